The van der Waals surface area contributed by atoms with Crippen molar-refractivity contribution < 1.29 is 9.72 Å². The van der Waals surface area contributed by atoms with E-state index in [0.717, 1.165) is 5.56 Å². The molecule has 1 saturated heterocycles. The van der Waals surface area contributed by atoms with Gasteiger partial charge in [-0.25, -0.2) is 0 Å². The minimum absolute atomic E-state index is 0.0326. The highest BCUT2D eigenvalue weighted by molar-refractivity contribution is 5.81. The second kappa shape index (κ2) is 5.36. The van der Waals surface area contributed by atoms with Crippen LogP contribution in [0.5, 0.6) is 0 Å². The molecule has 0 bridgehead atoms. The molecule has 1 aliphatic rings. The smallest absolute Gasteiger partial charge is 0.269 e. The van der Waals surface area contributed by atoms with Crippen molar-refractivity contribution in [3.8, 4) is 0 Å². The third-order valence-electron chi connectivity index (χ3n) is 3.04. The summed E-state index contributed by atoms with van der Waals surface area (Å²) >= 11 is 0. The van der Waals surface area contributed by atoms with Crippen LogP contribution in [0.2, 0.25) is 0 Å². The van der Waals surface area contributed by atoms with Gasteiger partial charge in [0, 0.05) is 18.7 Å². The molecule has 1 aliphatic heterocycles. The molecule has 19 heavy (non-hydrogen) atoms. The molecule has 0 aliphatic carbocycles. The Hall–Kier alpha value is -1.95. The van der Waals surface area contributed by atoms with Crippen LogP contribution in [-0.2, 0) is 4.79 Å². The van der Waals surface area contributed by atoms with E-state index in [1.54, 1.807) is 17.0 Å². The van der Waals surface area contributed by atoms with Gasteiger partial charge in [0.05, 0.1) is 11.5 Å². The maximum atomic E-state index is 11.8. The standard InChI is InChI=1S/C13H17N3O3/c1-9(2)8-15-12(17)7-14-13(15)10-4-3-5-11(6-10)16(18)19/h3-6,9,13-14H,7-8H2,1-2H3. The van der Waals surface area contributed by atoms with Crippen LogP contribution in [-0.4, -0.2) is 28.8 Å². The minimum atomic E-state index is -0.424. The van der Waals surface area contributed by atoms with Gasteiger partial charge in [0.25, 0.3) is 5.69 Å². The SMILES string of the molecule is CC(C)CN1C(=O)CNC1c1cccc([N+](=O)[O-])c1. The summed E-state index contributed by atoms with van der Waals surface area (Å²) in [5.41, 5.74) is 0.795. The molecule has 0 radical (unpaired) electrons. The number of hydrogen-bond acceptors (Lipinski definition) is 4. The van der Waals surface area contributed by atoms with Crippen LogP contribution in [0.4, 0.5) is 5.69 Å². The lowest BCUT2D eigenvalue weighted by molar-refractivity contribution is -0.385. The van der Waals surface area contributed by atoms with Gasteiger partial charge in [0.2, 0.25) is 5.91 Å². The number of non-ortho nitro benzene ring substituents is 1. The lowest BCUT2D eigenvalue weighted by Gasteiger charge is -2.26. The molecule has 1 atom stereocenters. The number of benzene rings is 1. The first-order chi connectivity index (χ1) is 8.99. The number of amides is 1. The second-order valence-corrected chi connectivity index (χ2v) is 5.08. The van der Waals surface area contributed by atoms with Crippen LogP contribution in [0.15, 0.2) is 24.3 Å². The third kappa shape index (κ3) is 2.90. The number of nitro benzene ring substituents is 1. The van der Waals surface area contributed by atoms with Crippen molar-refractivity contribution in [2.45, 2.75) is 20.0 Å². The molecule has 2 rings (SSSR count). The molecule has 1 amide bonds. The molecule has 1 heterocycles. The molecule has 1 aromatic rings. The first-order valence-electron chi connectivity index (χ1n) is 6.26. The lowest BCUT2D eigenvalue weighted by atomic mass is 10.1. The van der Waals surface area contributed by atoms with Gasteiger partial charge in [0.15, 0.2) is 0 Å². The third-order valence-corrected chi connectivity index (χ3v) is 3.04. The van der Waals surface area contributed by atoms with Crippen molar-refractivity contribution >= 4 is 11.6 Å². The van der Waals surface area contributed by atoms with E-state index in [2.05, 4.69) is 5.32 Å². The fraction of sp³-hybridized carbons (Fsp3) is 0.462. The number of rotatable bonds is 4. The van der Waals surface area contributed by atoms with Crippen molar-refractivity contribution in [1.82, 2.24) is 10.2 Å². The fourth-order valence-electron chi connectivity index (χ4n) is 2.25. The second-order valence-electron chi connectivity index (χ2n) is 5.08. The van der Waals surface area contributed by atoms with Crippen molar-refractivity contribution in [1.29, 1.82) is 0 Å². The van der Waals surface area contributed by atoms with E-state index in [0.29, 0.717) is 12.5 Å². The summed E-state index contributed by atoms with van der Waals surface area (Å²) in [5, 5.41) is 13.9. The zero-order chi connectivity index (χ0) is 14.0. The number of carbonyl (C=O) groups is 1. The van der Waals surface area contributed by atoms with Crippen LogP contribution in [0.1, 0.15) is 25.6 Å². The van der Waals surface area contributed by atoms with Crippen LogP contribution in [0.3, 0.4) is 0 Å². The average Bonchev–Trinajstić information content (AvgIpc) is 2.71. The molecular weight excluding hydrogens is 246 g/mol. The highest BCUT2D eigenvalue weighted by Crippen LogP contribution is 2.26. The van der Waals surface area contributed by atoms with Crippen LogP contribution in [0.25, 0.3) is 0 Å². The zero-order valence-electron chi connectivity index (χ0n) is 11.0. The van der Waals surface area contributed by atoms with Crippen LogP contribution >= 0.6 is 0 Å². The Morgan fingerprint density at radius 1 is 1.53 bits per heavy atom. The Kier molecular flexibility index (Phi) is 3.80. The molecule has 6 heteroatoms. The van der Waals surface area contributed by atoms with Crippen molar-refractivity contribution in [2.24, 2.45) is 5.92 Å². The molecule has 6 nitrogen and oxygen atoms in total. The van der Waals surface area contributed by atoms with Crippen LogP contribution < -0.4 is 5.32 Å². The van der Waals surface area contributed by atoms with Gasteiger partial charge in [-0.15, -0.1) is 0 Å². The first kappa shape index (κ1) is 13.5. The molecule has 0 saturated carbocycles. The molecule has 1 aromatic carbocycles. The summed E-state index contributed by atoms with van der Waals surface area (Å²) in [5.74, 6) is 0.384. The monoisotopic (exact) mass is 263 g/mol. The van der Waals surface area contributed by atoms with Gasteiger partial charge in [-0.1, -0.05) is 26.0 Å². The zero-order valence-corrected chi connectivity index (χ0v) is 11.0. The van der Waals surface area contributed by atoms with E-state index < -0.39 is 4.92 Å². The normalized spacial score (nSPS) is 19.2. The maximum Gasteiger partial charge on any atom is 0.269 e. The molecule has 0 aromatic heterocycles. The fourth-order valence-corrected chi connectivity index (χ4v) is 2.25. The summed E-state index contributed by atoms with van der Waals surface area (Å²) in [4.78, 5) is 24.0. The van der Waals surface area contributed by atoms with Gasteiger partial charge in [-0.2, -0.15) is 0 Å². The highest BCUT2D eigenvalue weighted by Gasteiger charge is 2.32. The largest absolute Gasteiger partial charge is 0.322 e. The van der Waals surface area contributed by atoms with Gasteiger partial charge in [-0.3, -0.25) is 20.2 Å². The molecule has 102 valence electrons. The minimum Gasteiger partial charge on any atom is -0.322 e. The average molecular weight is 263 g/mol. The Balaban J connectivity index is 2.27. The van der Waals surface area contributed by atoms with Crippen LogP contribution in [0, 0.1) is 16.0 Å². The van der Waals surface area contributed by atoms with E-state index in [-0.39, 0.29) is 24.3 Å². The summed E-state index contributed by atoms with van der Waals surface area (Å²) in [6.45, 7) is 4.99. The first-order valence-corrected chi connectivity index (χ1v) is 6.26. The van der Waals surface area contributed by atoms with Gasteiger partial charge in [-0.05, 0) is 11.5 Å². The number of carbonyl (C=O) groups excluding carboxylic acids is 1. The summed E-state index contributed by atoms with van der Waals surface area (Å²) in [6, 6.07) is 6.42. The highest BCUT2D eigenvalue weighted by atomic mass is 16.6. The van der Waals surface area contributed by atoms with Gasteiger partial charge < -0.3 is 4.90 Å². The Labute approximate surface area is 111 Å². The number of nitrogens with one attached hydrogen (secondary N) is 1. The lowest BCUT2D eigenvalue weighted by Crippen LogP contribution is -2.33. The Morgan fingerprint density at radius 3 is 2.89 bits per heavy atom. The molecular formula is C13H17N3O3. The van der Waals surface area contributed by atoms with E-state index >= 15 is 0 Å². The number of nitro groups is 1. The van der Waals surface area contributed by atoms with Crippen molar-refractivity contribution in [3.63, 3.8) is 0 Å². The topological polar surface area (TPSA) is 75.5 Å². The van der Waals surface area contributed by atoms with E-state index in [9.17, 15) is 14.9 Å². The quantitative estimate of drug-likeness (QED) is 0.662. The Morgan fingerprint density at radius 2 is 2.26 bits per heavy atom. The number of nitrogens with zero attached hydrogens (tertiary/aromatic N) is 2. The van der Waals surface area contributed by atoms with E-state index in [1.807, 2.05) is 13.8 Å². The molecule has 1 N–H and O–H groups in total. The van der Waals surface area contributed by atoms with Gasteiger partial charge >= 0.3 is 0 Å². The van der Waals surface area contributed by atoms with Crippen molar-refractivity contribution in [3.05, 3.63) is 39.9 Å². The predicted molar refractivity (Wildman–Crippen MR) is 70.4 cm³/mol. The Bertz CT molecular complexity index is 502. The summed E-state index contributed by atoms with van der Waals surface area (Å²) in [6.07, 6.45) is -0.269. The van der Waals surface area contributed by atoms with Gasteiger partial charge in [0.1, 0.15) is 6.17 Å². The molecule has 1 unspecified atom stereocenters. The maximum absolute atomic E-state index is 11.8. The van der Waals surface area contributed by atoms with E-state index in [1.165, 1.54) is 12.1 Å². The number of hydrogen-bond donors (Lipinski definition) is 1. The van der Waals surface area contributed by atoms with E-state index in [4.69, 9.17) is 0 Å². The van der Waals surface area contributed by atoms with Crippen molar-refractivity contribution in [2.75, 3.05) is 13.1 Å². The predicted octanol–water partition coefficient (Wildman–Crippen LogP) is 1.68. The summed E-state index contributed by atoms with van der Waals surface area (Å²) < 4.78 is 0. The molecule has 1 fully saturated rings. The molecule has 0 spiro atoms. The summed E-state index contributed by atoms with van der Waals surface area (Å²) in [7, 11) is 0.